The largest absolute Gasteiger partial charge is 0.497 e. The molecule has 1 aromatic rings. The van der Waals surface area contributed by atoms with Crippen LogP contribution in [0.25, 0.3) is 0 Å². The van der Waals surface area contributed by atoms with Gasteiger partial charge in [-0.2, -0.15) is 4.39 Å². The standard InChI is InChI=1S/C15H21FN2O4/c1-14(2)8-17(9-15(3,4)22-14)12-7-10(21-5)6-11(16)13(12)18(19)20/h6-7H,8-9H2,1-5H3. The summed E-state index contributed by atoms with van der Waals surface area (Å²) >= 11 is 0. The van der Waals surface area contributed by atoms with E-state index in [-0.39, 0.29) is 11.4 Å². The van der Waals surface area contributed by atoms with Crippen molar-refractivity contribution in [3.8, 4) is 5.75 Å². The Morgan fingerprint density at radius 2 is 1.82 bits per heavy atom. The van der Waals surface area contributed by atoms with Gasteiger partial charge in [-0.3, -0.25) is 10.1 Å². The number of morpholine rings is 1. The normalized spacial score (nSPS) is 19.8. The van der Waals surface area contributed by atoms with Crippen LogP contribution in [0.2, 0.25) is 0 Å². The molecule has 0 spiro atoms. The fourth-order valence-electron chi connectivity index (χ4n) is 3.06. The van der Waals surface area contributed by atoms with Crippen LogP contribution in [-0.2, 0) is 4.74 Å². The van der Waals surface area contributed by atoms with Gasteiger partial charge in [-0.05, 0) is 27.7 Å². The fourth-order valence-corrected chi connectivity index (χ4v) is 3.06. The molecule has 0 saturated carbocycles. The van der Waals surface area contributed by atoms with Crippen molar-refractivity contribution in [2.75, 3.05) is 25.1 Å². The van der Waals surface area contributed by atoms with Gasteiger partial charge in [0.2, 0.25) is 5.82 Å². The summed E-state index contributed by atoms with van der Waals surface area (Å²) in [5.41, 5.74) is -1.33. The molecule has 0 bridgehead atoms. The smallest absolute Gasteiger partial charge is 0.328 e. The van der Waals surface area contributed by atoms with Crippen LogP contribution in [-0.4, -0.2) is 36.3 Å². The van der Waals surface area contributed by atoms with Crippen molar-refractivity contribution in [2.24, 2.45) is 0 Å². The summed E-state index contributed by atoms with van der Waals surface area (Å²) in [6.07, 6.45) is 0. The molecule has 22 heavy (non-hydrogen) atoms. The lowest BCUT2D eigenvalue weighted by Gasteiger charge is -2.47. The zero-order chi connectivity index (χ0) is 16.7. The minimum atomic E-state index is -0.901. The van der Waals surface area contributed by atoms with E-state index in [2.05, 4.69) is 0 Å². The fraction of sp³-hybridized carbons (Fsp3) is 0.600. The van der Waals surface area contributed by atoms with Gasteiger partial charge in [0.05, 0.1) is 23.2 Å². The van der Waals surface area contributed by atoms with Crippen LogP contribution in [0.4, 0.5) is 15.8 Å². The lowest BCUT2D eigenvalue weighted by molar-refractivity contribution is -0.386. The van der Waals surface area contributed by atoms with Gasteiger partial charge < -0.3 is 14.4 Å². The van der Waals surface area contributed by atoms with E-state index in [1.165, 1.54) is 13.2 Å². The highest BCUT2D eigenvalue weighted by atomic mass is 19.1. The molecule has 0 atom stereocenters. The van der Waals surface area contributed by atoms with E-state index in [0.717, 1.165) is 6.07 Å². The van der Waals surface area contributed by atoms with Crippen molar-refractivity contribution < 1.29 is 18.8 Å². The number of nitro benzene ring substituents is 1. The van der Waals surface area contributed by atoms with Crippen LogP contribution in [0.1, 0.15) is 27.7 Å². The number of benzene rings is 1. The SMILES string of the molecule is COc1cc(F)c([N+](=O)[O-])c(N2CC(C)(C)OC(C)(C)C2)c1. The Bertz CT molecular complexity index is 585. The van der Waals surface area contributed by atoms with Gasteiger partial charge in [0.25, 0.3) is 0 Å². The predicted molar refractivity (Wildman–Crippen MR) is 81.1 cm³/mol. The van der Waals surface area contributed by atoms with Crippen molar-refractivity contribution in [3.63, 3.8) is 0 Å². The first-order valence-electron chi connectivity index (χ1n) is 7.02. The van der Waals surface area contributed by atoms with Crippen molar-refractivity contribution in [1.29, 1.82) is 0 Å². The first-order valence-corrected chi connectivity index (χ1v) is 7.02. The Morgan fingerprint density at radius 1 is 1.27 bits per heavy atom. The Balaban J connectivity index is 2.55. The van der Waals surface area contributed by atoms with E-state index in [0.29, 0.717) is 13.1 Å². The van der Waals surface area contributed by atoms with Crippen molar-refractivity contribution in [3.05, 3.63) is 28.1 Å². The topological polar surface area (TPSA) is 64.8 Å². The maximum Gasteiger partial charge on any atom is 0.328 e. The summed E-state index contributed by atoms with van der Waals surface area (Å²) in [5, 5.41) is 11.3. The lowest BCUT2D eigenvalue weighted by Crippen LogP contribution is -2.57. The molecule has 1 heterocycles. The Labute approximate surface area is 129 Å². The third-order valence-corrected chi connectivity index (χ3v) is 3.47. The molecule has 1 fully saturated rings. The van der Waals surface area contributed by atoms with E-state index in [1.54, 1.807) is 4.90 Å². The van der Waals surface area contributed by atoms with Gasteiger partial charge in [0, 0.05) is 25.2 Å². The summed E-state index contributed by atoms with van der Waals surface area (Å²) in [7, 11) is 1.40. The molecule has 0 radical (unpaired) electrons. The van der Waals surface area contributed by atoms with Crippen molar-refractivity contribution in [2.45, 2.75) is 38.9 Å². The van der Waals surface area contributed by atoms with Gasteiger partial charge in [0.1, 0.15) is 11.4 Å². The summed E-state index contributed by atoms with van der Waals surface area (Å²) in [6.45, 7) is 8.47. The van der Waals surface area contributed by atoms with Crippen molar-refractivity contribution >= 4 is 11.4 Å². The molecule has 1 aliphatic heterocycles. The number of anilines is 1. The molecule has 6 nitrogen and oxygen atoms in total. The Morgan fingerprint density at radius 3 is 2.27 bits per heavy atom. The molecule has 7 heteroatoms. The van der Waals surface area contributed by atoms with E-state index < -0.39 is 27.6 Å². The van der Waals surface area contributed by atoms with Gasteiger partial charge in [0.15, 0.2) is 0 Å². The molecular weight excluding hydrogens is 291 g/mol. The molecule has 1 saturated heterocycles. The summed E-state index contributed by atoms with van der Waals surface area (Å²) in [5.74, 6) is -0.651. The summed E-state index contributed by atoms with van der Waals surface area (Å²) < 4.78 is 25.1. The zero-order valence-electron chi connectivity index (χ0n) is 13.5. The van der Waals surface area contributed by atoms with E-state index in [9.17, 15) is 14.5 Å². The van der Waals surface area contributed by atoms with Crippen LogP contribution in [0.5, 0.6) is 5.75 Å². The van der Waals surface area contributed by atoms with Crippen LogP contribution >= 0.6 is 0 Å². The summed E-state index contributed by atoms with van der Waals surface area (Å²) in [6, 6.07) is 2.52. The highest BCUT2D eigenvalue weighted by Gasteiger charge is 2.40. The average Bonchev–Trinajstić information content (AvgIpc) is 2.33. The zero-order valence-corrected chi connectivity index (χ0v) is 13.5. The third-order valence-electron chi connectivity index (χ3n) is 3.47. The van der Waals surface area contributed by atoms with Gasteiger partial charge in [-0.25, -0.2) is 0 Å². The van der Waals surface area contributed by atoms with Crippen LogP contribution in [0.3, 0.4) is 0 Å². The minimum absolute atomic E-state index is 0.214. The first kappa shape index (κ1) is 16.5. The number of nitrogens with zero attached hydrogens (tertiary/aromatic N) is 2. The highest BCUT2D eigenvalue weighted by molar-refractivity contribution is 5.67. The molecule has 0 N–H and O–H groups in total. The molecule has 1 aliphatic rings. The van der Waals surface area contributed by atoms with E-state index >= 15 is 0 Å². The van der Waals surface area contributed by atoms with Gasteiger partial charge in [-0.15, -0.1) is 0 Å². The lowest BCUT2D eigenvalue weighted by atomic mass is 9.98. The molecule has 1 aromatic carbocycles. The number of nitro groups is 1. The monoisotopic (exact) mass is 312 g/mol. The molecule has 122 valence electrons. The molecule has 2 rings (SSSR count). The molecule has 0 aliphatic carbocycles. The molecule has 0 aromatic heterocycles. The Hall–Kier alpha value is -1.89. The molecular formula is C15H21FN2O4. The number of hydrogen-bond donors (Lipinski definition) is 0. The van der Waals surface area contributed by atoms with Crippen LogP contribution < -0.4 is 9.64 Å². The number of rotatable bonds is 3. The average molecular weight is 312 g/mol. The van der Waals surface area contributed by atoms with Gasteiger partial charge in [-0.1, -0.05) is 0 Å². The molecule has 0 unspecified atom stereocenters. The van der Waals surface area contributed by atoms with E-state index in [1.807, 2.05) is 27.7 Å². The molecule has 0 amide bonds. The maximum absolute atomic E-state index is 14.1. The minimum Gasteiger partial charge on any atom is -0.497 e. The third kappa shape index (κ3) is 3.30. The van der Waals surface area contributed by atoms with Gasteiger partial charge >= 0.3 is 5.69 Å². The second-order valence-corrected chi connectivity index (χ2v) is 6.71. The number of ether oxygens (including phenoxy) is 2. The van der Waals surface area contributed by atoms with E-state index in [4.69, 9.17) is 9.47 Å². The number of halogens is 1. The second kappa shape index (κ2) is 5.39. The second-order valence-electron chi connectivity index (χ2n) is 6.71. The quantitative estimate of drug-likeness (QED) is 0.634. The number of hydrogen-bond acceptors (Lipinski definition) is 5. The van der Waals surface area contributed by atoms with Crippen molar-refractivity contribution in [1.82, 2.24) is 0 Å². The first-order chi connectivity index (χ1) is 10.0. The van der Waals surface area contributed by atoms with Crippen LogP contribution in [0, 0.1) is 15.9 Å². The maximum atomic E-state index is 14.1. The Kier molecular flexibility index (Phi) is 4.04. The predicted octanol–water partition coefficient (Wildman–Crippen LogP) is 3.14. The summed E-state index contributed by atoms with van der Waals surface area (Å²) in [4.78, 5) is 12.4. The van der Waals surface area contributed by atoms with Crippen LogP contribution in [0.15, 0.2) is 12.1 Å². The highest BCUT2D eigenvalue weighted by Crippen LogP contribution is 2.39. The number of methoxy groups -OCH3 is 1.